The molecule has 1 heterocycles. The van der Waals surface area contributed by atoms with Gasteiger partial charge in [0.25, 0.3) is 0 Å². The minimum atomic E-state index is -0.00715. The van der Waals surface area contributed by atoms with Gasteiger partial charge in [-0.2, -0.15) is 0 Å². The fourth-order valence-corrected chi connectivity index (χ4v) is 1.14. The summed E-state index contributed by atoms with van der Waals surface area (Å²) in [4.78, 5) is 8.59. The molecule has 0 aromatic carbocycles. The summed E-state index contributed by atoms with van der Waals surface area (Å²) in [5.74, 6) is 1.21. The molecule has 1 aromatic heterocycles. The Bertz CT molecular complexity index is 286. The van der Waals surface area contributed by atoms with Gasteiger partial charge in [0.2, 0.25) is 0 Å². The summed E-state index contributed by atoms with van der Waals surface area (Å²) in [6, 6.07) is 1.81. The van der Waals surface area contributed by atoms with Gasteiger partial charge in [-0.05, 0) is 19.4 Å². The van der Waals surface area contributed by atoms with Crippen molar-refractivity contribution >= 4 is 0 Å². The summed E-state index contributed by atoms with van der Waals surface area (Å²) in [6.07, 6.45) is 1.02. The predicted octanol–water partition coefficient (Wildman–Crippen LogP) is 1.79. The molecule has 0 amide bonds. The molecule has 0 aliphatic heterocycles. The average molecular weight is 180 g/mol. The Hall–Kier alpha value is -0.960. The standard InChI is InChI=1S/C10H16N2O/c1-4-7(2)10-11-8(3)5-9(6-13)12-10/h5,7,13H,4,6H2,1-3H3. The van der Waals surface area contributed by atoms with Crippen molar-refractivity contribution in [3.63, 3.8) is 0 Å². The van der Waals surface area contributed by atoms with E-state index in [1.54, 1.807) is 0 Å². The molecule has 0 saturated heterocycles. The van der Waals surface area contributed by atoms with Gasteiger partial charge in [0.15, 0.2) is 0 Å². The van der Waals surface area contributed by atoms with Gasteiger partial charge in [0.1, 0.15) is 5.82 Å². The zero-order chi connectivity index (χ0) is 9.84. The van der Waals surface area contributed by atoms with Crippen molar-refractivity contribution in [3.05, 3.63) is 23.3 Å². The largest absolute Gasteiger partial charge is 0.390 e. The van der Waals surface area contributed by atoms with Crippen LogP contribution in [0.3, 0.4) is 0 Å². The third kappa shape index (κ3) is 2.49. The number of hydrogen-bond acceptors (Lipinski definition) is 3. The summed E-state index contributed by atoms with van der Waals surface area (Å²) in [5, 5.41) is 8.95. The van der Waals surface area contributed by atoms with Crippen molar-refractivity contribution < 1.29 is 5.11 Å². The molecule has 1 unspecified atom stereocenters. The molecular formula is C10H16N2O. The minimum Gasteiger partial charge on any atom is -0.390 e. The number of aromatic nitrogens is 2. The summed E-state index contributed by atoms with van der Waals surface area (Å²) >= 11 is 0. The molecule has 0 fully saturated rings. The van der Waals surface area contributed by atoms with Crippen molar-refractivity contribution in [2.45, 2.75) is 39.7 Å². The fourth-order valence-electron chi connectivity index (χ4n) is 1.14. The van der Waals surface area contributed by atoms with E-state index in [2.05, 4.69) is 23.8 Å². The number of aryl methyl sites for hydroxylation is 1. The SMILES string of the molecule is CCC(C)c1nc(C)cc(CO)n1. The molecule has 72 valence electrons. The first kappa shape index (κ1) is 10.1. The summed E-state index contributed by atoms with van der Waals surface area (Å²) < 4.78 is 0. The van der Waals surface area contributed by atoms with Gasteiger partial charge in [0.05, 0.1) is 12.3 Å². The maximum Gasteiger partial charge on any atom is 0.131 e. The monoisotopic (exact) mass is 180 g/mol. The third-order valence-electron chi connectivity index (χ3n) is 2.14. The van der Waals surface area contributed by atoms with Gasteiger partial charge in [-0.15, -0.1) is 0 Å². The van der Waals surface area contributed by atoms with Crippen molar-refractivity contribution in [1.29, 1.82) is 0 Å². The second-order valence-corrected chi connectivity index (χ2v) is 3.33. The van der Waals surface area contributed by atoms with Crippen LogP contribution in [0.25, 0.3) is 0 Å². The van der Waals surface area contributed by atoms with Gasteiger partial charge in [0, 0.05) is 11.6 Å². The normalized spacial score (nSPS) is 12.9. The first-order valence-electron chi connectivity index (χ1n) is 4.62. The van der Waals surface area contributed by atoms with Crippen LogP contribution in [0.5, 0.6) is 0 Å². The van der Waals surface area contributed by atoms with Crippen LogP contribution >= 0.6 is 0 Å². The summed E-state index contributed by atoms with van der Waals surface area (Å²) in [7, 11) is 0. The molecule has 1 N–H and O–H groups in total. The van der Waals surface area contributed by atoms with E-state index in [9.17, 15) is 0 Å². The zero-order valence-electron chi connectivity index (χ0n) is 8.41. The maximum absolute atomic E-state index is 8.95. The Morgan fingerprint density at radius 1 is 1.46 bits per heavy atom. The summed E-state index contributed by atoms with van der Waals surface area (Å²) in [6.45, 7) is 6.12. The topological polar surface area (TPSA) is 46.0 Å². The highest BCUT2D eigenvalue weighted by Gasteiger charge is 2.07. The van der Waals surface area contributed by atoms with Gasteiger partial charge < -0.3 is 5.11 Å². The lowest BCUT2D eigenvalue weighted by atomic mass is 10.1. The number of nitrogens with zero attached hydrogens (tertiary/aromatic N) is 2. The first-order chi connectivity index (χ1) is 6.17. The zero-order valence-corrected chi connectivity index (χ0v) is 8.41. The van der Waals surface area contributed by atoms with E-state index in [1.807, 2.05) is 13.0 Å². The van der Waals surface area contributed by atoms with Crippen LogP contribution in [0.4, 0.5) is 0 Å². The second kappa shape index (κ2) is 4.33. The van der Waals surface area contributed by atoms with E-state index in [-0.39, 0.29) is 6.61 Å². The fraction of sp³-hybridized carbons (Fsp3) is 0.600. The van der Waals surface area contributed by atoms with E-state index >= 15 is 0 Å². The van der Waals surface area contributed by atoms with Crippen LogP contribution in [0.2, 0.25) is 0 Å². The van der Waals surface area contributed by atoms with Crippen molar-refractivity contribution in [3.8, 4) is 0 Å². The molecule has 0 spiro atoms. The van der Waals surface area contributed by atoms with Crippen LogP contribution in [-0.4, -0.2) is 15.1 Å². The lowest BCUT2D eigenvalue weighted by Crippen LogP contribution is -2.04. The molecule has 0 saturated carbocycles. The van der Waals surface area contributed by atoms with E-state index in [0.717, 1.165) is 17.9 Å². The van der Waals surface area contributed by atoms with Gasteiger partial charge in [-0.1, -0.05) is 13.8 Å². The molecule has 3 heteroatoms. The highest BCUT2D eigenvalue weighted by atomic mass is 16.3. The van der Waals surface area contributed by atoms with E-state index in [1.165, 1.54) is 0 Å². The molecule has 3 nitrogen and oxygen atoms in total. The second-order valence-electron chi connectivity index (χ2n) is 3.33. The quantitative estimate of drug-likeness (QED) is 0.771. The molecule has 0 aliphatic carbocycles. The first-order valence-corrected chi connectivity index (χ1v) is 4.62. The highest BCUT2D eigenvalue weighted by Crippen LogP contribution is 2.14. The van der Waals surface area contributed by atoms with Gasteiger partial charge in [-0.3, -0.25) is 0 Å². The third-order valence-corrected chi connectivity index (χ3v) is 2.14. The maximum atomic E-state index is 8.95. The van der Waals surface area contributed by atoms with Crippen molar-refractivity contribution in [1.82, 2.24) is 9.97 Å². The Labute approximate surface area is 78.9 Å². The predicted molar refractivity (Wildman–Crippen MR) is 51.4 cm³/mol. The molecule has 13 heavy (non-hydrogen) atoms. The number of aliphatic hydroxyl groups excluding tert-OH is 1. The van der Waals surface area contributed by atoms with E-state index in [4.69, 9.17) is 5.11 Å². The summed E-state index contributed by atoms with van der Waals surface area (Å²) in [5.41, 5.74) is 1.64. The smallest absolute Gasteiger partial charge is 0.131 e. The molecule has 1 rings (SSSR count). The molecule has 0 bridgehead atoms. The molecule has 0 aliphatic rings. The molecule has 0 radical (unpaired) electrons. The molecule has 1 aromatic rings. The van der Waals surface area contributed by atoms with Crippen LogP contribution in [-0.2, 0) is 6.61 Å². The van der Waals surface area contributed by atoms with Crippen molar-refractivity contribution in [2.75, 3.05) is 0 Å². The Balaban J connectivity index is 3.01. The number of rotatable bonds is 3. The highest BCUT2D eigenvalue weighted by molar-refractivity contribution is 5.11. The molecule has 1 atom stereocenters. The lowest BCUT2D eigenvalue weighted by Gasteiger charge is -2.08. The Kier molecular flexibility index (Phi) is 3.37. The van der Waals surface area contributed by atoms with Crippen molar-refractivity contribution in [2.24, 2.45) is 0 Å². The lowest BCUT2D eigenvalue weighted by molar-refractivity contribution is 0.275. The van der Waals surface area contributed by atoms with Gasteiger partial charge in [-0.25, -0.2) is 9.97 Å². The minimum absolute atomic E-state index is 0.00715. The Morgan fingerprint density at radius 3 is 2.69 bits per heavy atom. The van der Waals surface area contributed by atoms with Crippen LogP contribution in [0.1, 0.15) is 43.4 Å². The number of hydrogen-bond donors (Lipinski definition) is 1. The number of aliphatic hydroxyl groups is 1. The molecular weight excluding hydrogens is 164 g/mol. The van der Waals surface area contributed by atoms with E-state index in [0.29, 0.717) is 11.6 Å². The van der Waals surface area contributed by atoms with Crippen LogP contribution in [0.15, 0.2) is 6.07 Å². The average Bonchev–Trinajstić information content (AvgIpc) is 2.15. The van der Waals surface area contributed by atoms with Crippen LogP contribution in [0, 0.1) is 6.92 Å². The van der Waals surface area contributed by atoms with Crippen LogP contribution < -0.4 is 0 Å². The van der Waals surface area contributed by atoms with Gasteiger partial charge >= 0.3 is 0 Å². The Morgan fingerprint density at radius 2 is 2.15 bits per heavy atom. The van der Waals surface area contributed by atoms with E-state index < -0.39 is 0 Å².